The molecule has 1 amide bonds. The molecule has 0 radical (unpaired) electrons. The van der Waals surface area contributed by atoms with Gasteiger partial charge >= 0.3 is 0 Å². The van der Waals surface area contributed by atoms with Crippen LogP contribution in [0.1, 0.15) is 24.4 Å². The summed E-state index contributed by atoms with van der Waals surface area (Å²) in [6.07, 6.45) is 0. The molecule has 1 aromatic heterocycles. The average Bonchev–Trinajstić information content (AvgIpc) is 2.76. The number of morpholine rings is 1. The van der Waals surface area contributed by atoms with Gasteiger partial charge in [-0.15, -0.1) is 0 Å². The number of carbonyl (C=O) groups excluding carboxylic acids is 1. The number of sulfonamides is 1. The molecule has 0 spiro atoms. The van der Waals surface area contributed by atoms with Crippen LogP contribution in [-0.2, 0) is 14.8 Å². The van der Waals surface area contributed by atoms with Crippen LogP contribution in [0.3, 0.4) is 0 Å². The summed E-state index contributed by atoms with van der Waals surface area (Å²) in [6.45, 7) is 5.03. The Bertz CT molecular complexity index is 590. The van der Waals surface area contributed by atoms with Gasteiger partial charge in [-0.05, 0) is 26.0 Å². The second-order valence-electron chi connectivity index (χ2n) is 4.99. The quantitative estimate of drug-likeness (QED) is 0.836. The van der Waals surface area contributed by atoms with Gasteiger partial charge < -0.3 is 14.1 Å². The highest BCUT2D eigenvalue weighted by Crippen LogP contribution is 2.23. The minimum atomic E-state index is -3.94. The van der Waals surface area contributed by atoms with E-state index >= 15 is 0 Å². The van der Waals surface area contributed by atoms with Gasteiger partial charge in [-0.3, -0.25) is 4.79 Å². The third-order valence-corrected chi connectivity index (χ3v) is 3.74. The highest BCUT2D eigenvalue weighted by atomic mass is 32.2. The maximum atomic E-state index is 12.3. The Morgan fingerprint density at radius 1 is 1.42 bits per heavy atom. The van der Waals surface area contributed by atoms with E-state index in [0.717, 1.165) is 0 Å². The predicted octanol–water partition coefficient (Wildman–Crippen LogP) is 0.178. The first-order valence-electron chi connectivity index (χ1n) is 5.74. The molecule has 1 saturated heterocycles. The molecule has 2 heterocycles. The van der Waals surface area contributed by atoms with Gasteiger partial charge in [0.25, 0.3) is 15.9 Å². The zero-order chi connectivity index (χ0) is 14.3. The number of ether oxygens (including phenoxy) is 1. The first-order chi connectivity index (χ1) is 8.72. The fourth-order valence-electron chi connectivity index (χ4n) is 1.96. The zero-order valence-electron chi connectivity index (χ0n) is 10.8. The summed E-state index contributed by atoms with van der Waals surface area (Å²) in [5.74, 6) is -0.415. The number of rotatable bonds is 2. The molecule has 106 valence electrons. The van der Waals surface area contributed by atoms with E-state index < -0.39 is 20.7 Å². The van der Waals surface area contributed by atoms with Gasteiger partial charge in [0.15, 0.2) is 5.76 Å². The Balaban J connectivity index is 2.27. The van der Waals surface area contributed by atoms with Crippen LogP contribution < -0.4 is 5.14 Å². The van der Waals surface area contributed by atoms with Gasteiger partial charge in [-0.1, -0.05) is 0 Å². The van der Waals surface area contributed by atoms with Gasteiger partial charge in [-0.25, -0.2) is 13.6 Å². The molecule has 1 aliphatic rings. The summed E-state index contributed by atoms with van der Waals surface area (Å²) in [5.41, 5.74) is -0.468. The average molecular weight is 288 g/mol. The minimum Gasteiger partial charge on any atom is -0.438 e. The Labute approximate surface area is 111 Å². The van der Waals surface area contributed by atoms with E-state index in [0.29, 0.717) is 19.8 Å². The maximum Gasteiger partial charge on any atom is 0.290 e. The molecule has 8 heteroatoms. The van der Waals surface area contributed by atoms with Crippen LogP contribution in [0.2, 0.25) is 0 Å². The van der Waals surface area contributed by atoms with Crippen molar-refractivity contribution in [3.05, 3.63) is 17.9 Å². The summed E-state index contributed by atoms with van der Waals surface area (Å²) in [4.78, 5) is 13.9. The fraction of sp³-hybridized carbons (Fsp3) is 0.545. The normalized spacial score (nSPS) is 19.4. The second-order valence-corrected chi connectivity index (χ2v) is 6.48. The van der Waals surface area contributed by atoms with Crippen molar-refractivity contribution in [1.82, 2.24) is 4.90 Å². The standard InChI is InChI=1S/C11H16N2O5S/c1-11(2)7-17-6-5-13(11)10(14)8-3-4-9(18-8)19(12,15)16/h3-4H,5-7H2,1-2H3,(H2,12,15,16). The molecule has 0 aromatic carbocycles. The lowest BCUT2D eigenvalue weighted by Gasteiger charge is -2.41. The summed E-state index contributed by atoms with van der Waals surface area (Å²) < 4.78 is 32.6. The third-order valence-electron chi connectivity index (χ3n) is 2.96. The molecule has 0 saturated carbocycles. The van der Waals surface area contributed by atoms with Crippen LogP contribution in [0.5, 0.6) is 0 Å². The smallest absolute Gasteiger partial charge is 0.290 e. The van der Waals surface area contributed by atoms with Gasteiger partial charge in [0.1, 0.15) is 0 Å². The molecule has 2 rings (SSSR count). The Hall–Kier alpha value is -1.38. The lowest BCUT2D eigenvalue weighted by atomic mass is 10.0. The van der Waals surface area contributed by atoms with Crippen molar-refractivity contribution in [1.29, 1.82) is 0 Å². The molecule has 1 aromatic rings. The minimum absolute atomic E-state index is 0.0426. The van der Waals surface area contributed by atoms with E-state index in [1.165, 1.54) is 12.1 Å². The van der Waals surface area contributed by atoms with E-state index in [1.54, 1.807) is 4.90 Å². The molecule has 0 bridgehead atoms. The van der Waals surface area contributed by atoms with Gasteiger partial charge in [0.05, 0.1) is 18.8 Å². The summed E-state index contributed by atoms with van der Waals surface area (Å²) >= 11 is 0. The summed E-state index contributed by atoms with van der Waals surface area (Å²) in [6, 6.07) is 2.49. The van der Waals surface area contributed by atoms with Crippen molar-refractivity contribution < 1.29 is 22.4 Å². The SMILES string of the molecule is CC1(C)COCCN1C(=O)c1ccc(S(N)(=O)=O)o1. The van der Waals surface area contributed by atoms with Crippen molar-refractivity contribution in [2.75, 3.05) is 19.8 Å². The molecule has 7 nitrogen and oxygen atoms in total. The van der Waals surface area contributed by atoms with Crippen molar-refractivity contribution in [2.24, 2.45) is 5.14 Å². The van der Waals surface area contributed by atoms with Gasteiger partial charge in [-0.2, -0.15) is 0 Å². The third kappa shape index (κ3) is 2.80. The molecule has 0 aliphatic carbocycles. The van der Waals surface area contributed by atoms with Crippen LogP contribution in [-0.4, -0.2) is 44.5 Å². The van der Waals surface area contributed by atoms with E-state index in [4.69, 9.17) is 14.3 Å². The molecule has 19 heavy (non-hydrogen) atoms. The molecule has 0 atom stereocenters. The molecular formula is C11H16N2O5S. The summed E-state index contributed by atoms with van der Waals surface area (Å²) in [7, 11) is -3.94. The fourth-order valence-corrected chi connectivity index (χ4v) is 2.42. The van der Waals surface area contributed by atoms with Crippen LogP contribution in [0.25, 0.3) is 0 Å². The van der Waals surface area contributed by atoms with Crippen molar-refractivity contribution >= 4 is 15.9 Å². The molecule has 1 aliphatic heterocycles. The van der Waals surface area contributed by atoms with Crippen LogP contribution in [0.15, 0.2) is 21.6 Å². The lowest BCUT2D eigenvalue weighted by Crippen LogP contribution is -2.55. The maximum absolute atomic E-state index is 12.3. The van der Waals surface area contributed by atoms with Gasteiger partial charge in [0.2, 0.25) is 5.09 Å². The summed E-state index contributed by atoms with van der Waals surface area (Å²) in [5, 5.41) is 4.52. The Kier molecular flexibility index (Phi) is 3.41. The van der Waals surface area contributed by atoms with Gasteiger partial charge in [0, 0.05) is 6.54 Å². The highest BCUT2D eigenvalue weighted by Gasteiger charge is 2.36. The first-order valence-corrected chi connectivity index (χ1v) is 7.29. The highest BCUT2D eigenvalue weighted by molar-refractivity contribution is 7.89. The molecule has 0 unspecified atom stereocenters. The number of furan rings is 1. The zero-order valence-corrected chi connectivity index (χ0v) is 11.6. The van der Waals surface area contributed by atoms with Crippen molar-refractivity contribution in [2.45, 2.75) is 24.5 Å². The molecular weight excluding hydrogens is 272 g/mol. The molecule has 1 fully saturated rings. The van der Waals surface area contributed by atoms with Crippen LogP contribution >= 0.6 is 0 Å². The lowest BCUT2D eigenvalue weighted by molar-refractivity contribution is -0.0384. The van der Waals surface area contributed by atoms with E-state index in [9.17, 15) is 13.2 Å². The predicted molar refractivity (Wildman–Crippen MR) is 66.0 cm³/mol. The number of amides is 1. The number of hydrogen-bond donors (Lipinski definition) is 1. The first kappa shape index (κ1) is 14.0. The number of primary sulfonamides is 1. The van der Waals surface area contributed by atoms with E-state index in [1.807, 2.05) is 13.8 Å². The monoisotopic (exact) mass is 288 g/mol. The Morgan fingerprint density at radius 3 is 2.63 bits per heavy atom. The largest absolute Gasteiger partial charge is 0.438 e. The van der Waals surface area contributed by atoms with Crippen LogP contribution in [0, 0.1) is 0 Å². The Morgan fingerprint density at radius 2 is 2.11 bits per heavy atom. The second kappa shape index (κ2) is 4.62. The molecule has 2 N–H and O–H groups in total. The van der Waals surface area contributed by atoms with Crippen molar-refractivity contribution in [3.8, 4) is 0 Å². The van der Waals surface area contributed by atoms with E-state index in [-0.39, 0.29) is 11.7 Å². The number of nitrogens with zero attached hydrogens (tertiary/aromatic N) is 1. The number of nitrogens with two attached hydrogens (primary N) is 1. The van der Waals surface area contributed by atoms with Crippen molar-refractivity contribution in [3.63, 3.8) is 0 Å². The number of hydrogen-bond acceptors (Lipinski definition) is 5. The van der Waals surface area contributed by atoms with E-state index in [2.05, 4.69) is 0 Å². The topological polar surface area (TPSA) is 103 Å². The number of carbonyl (C=O) groups is 1. The van der Waals surface area contributed by atoms with Crippen LogP contribution in [0.4, 0.5) is 0 Å².